The van der Waals surface area contributed by atoms with Gasteiger partial charge in [0.05, 0.1) is 5.56 Å². The predicted octanol–water partition coefficient (Wildman–Crippen LogP) is 2.12. The van der Waals surface area contributed by atoms with Gasteiger partial charge < -0.3 is 10.8 Å². The lowest BCUT2D eigenvalue weighted by atomic mass is 9.92. The average Bonchev–Trinajstić information content (AvgIpc) is 3.18. The first-order chi connectivity index (χ1) is 10.2. The molecule has 21 heavy (non-hydrogen) atoms. The second kappa shape index (κ2) is 6.27. The van der Waals surface area contributed by atoms with E-state index in [9.17, 15) is 9.90 Å². The highest BCUT2D eigenvalue weighted by molar-refractivity contribution is 7.10. The number of primary amides is 1. The van der Waals surface area contributed by atoms with Gasteiger partial charge in [-0.3, -0.25) is 9.69 Å². The number of carbonyl (C=O) groups excluding carboxylic acids is 1. The van der Waals surface area contributed by atoms with Gasteiger partial charge in [-0.2, -0.15) is 11.3 Å². The van der Waals surface area contributed by atoms with Crippen LogP contribution in [-0.2, 0) is 6.54 Å². The highest BCUT2D eigenvalue weighted by Crippen LogP contribution is 2.34. The summed E-state index contributed by atoms with van der Waals surface area (Å²) in [5.41, 5.74) is 7.20. The van der Waals surface area contributed by atoms with Crippen LogP contribution in [0.5, 0.6) is 0 Å². The molecule has 3 heterocycles. The molecule has 1 amide bonds. The number of hydrogen-bond acceptors (Lipinski definition) is 5. The van der Waals surface area contributed by atoms with Gasteiger partial charge in [0.2, 0.25) is 5.91 Å². The number of nitrogens with two attached hydrogens (primary N) is 1. The standard InChI is InChI=1S/C15H18N2O2S2/c16-15(19)11-3-13(21-9-11)5-17-4-12(7-18)14(6-17)10-1-2-20-8-10/h1-3,8-9,12,14,18H,4-7H2,(H2,16,19)/t12-,14-/m0/s1. The summed E-state index contributed by atoms with van der Waals surface area (Å²) in [4.78, 5) is 14.6. The van der Waals surface area contributed by atoms with E-state index in [0.29, 0.717) is 11.5 Å². The lowest BCUT2D eigenvalue weighted by Gasteiger charge is -2.14. The van der Waals surface area contributed by atoms with Crippen LogP contribution in [-0.4, -0.2) is 35.6 Å². The number of aliphatic hydroxyl groups excluding tert-OH is 1. The highest BCUT2D eigenvalue weighted by atomic mass is 32.1. The molecule has 0 aliphatic carbocycles. The fraction of sp³-hybridized carbons (Fsp3) is 0.400. The van der Waals surface area contributed by atoms with E-state index in [1.54, 1.807) is 22.7 Å². The van der Waals surface area contributed by atoms with Gasteiger partial charge >= 0.3 is 0 Å². The molecule has 0 bridgehead atoms. The minimum absolute atomic E-state index is 0.216. The fourth-order valence-electron chi connectivity index (χ4n) is 2.95. The second-order valence-corrected chi connectivity index (χ2v) is 7.24. The van der Waals surface area contributed by atoms with Crippen molar-refractivity contribution in [1.29, 1.82) is 0 Å². The van der Waals surface area contributed by atoms with Gasteiger partial charge in [0.15, 0.2) is 0 Å². The SMILES string of the molecule is NC(=O)c1csc(CN2C[C@@H](CO)[C@H](c3ccsc3)C2)c1. The average molecular weight is 322 g/mol. The largest absolute Gasteiger partial charge is 0.396 e. The first kappa shape index (κ1) is 14.7. The van der Waals surface area contributed by atoms with E-state index in [-0.39, 0.29) is 18.4 Å². The molecule has 1 aliphatic rings. The quantitative estimate of drug-likeness (QED) is 0.886. The van der Waals surface area contributed by atoms with E-state index >= 15 is 0 Å². The van der Waals surface area contributed by atoms with Crippen LogP contribution in [0.3, 0.4) is 0 Å². The van der Waals surface area contributed by atoms with Gasteiger partial charge in [-0.15, -0.1) is 11.3 Å². The Morgan fingerprint density at radius 2 is 2.29 bits per heavy atom. The van der Waals surface area contributed by atoms with Crippen molar-refractivity contribution in [3.8, 4) is 0 Å². The van der Waals surface area contributed by atoms with Crippen molar-refractivity contribution in [2.75, 3.05) is 19.7 Å². The van der Waals surface area contributed by atoms with Gasteiger partial charge in [-0.05, 0) is 28.5 Å². The molecule has 3 N–H and O–H groups in total. The molecular weight excluding hydrogens is 304 g/mol. The maximum atomic E-state index is 11.1. The Bertz CT molecular complexity index is 609. The highest BCUT2D eigenvalue weighted by Gasteiger charge is 2.33. The summed E-state index contributed by atoms with van der Waals surface area (Å²) in [6.45, 7) is 2.87. The summed E-state index contributed by atoms with van der Waals surface area (Å²) in [6, 6.07) is 4.02. The first-order valence-corrected chi connectivity index (χ1v) is 8.72. The Morgan fingerprint density at radius 3 is 2.90 bits per heavy atom. The van der Waals surface area contributed by atoms with Crippen LogP contribution < -0.4 is 5.73 Å². The number of nitrogens with zero attached hydrogens (tertiary/aromatic N) is 1. The molecule has 0 aromatic carbocycles. The number of carbonyl (C=O) groups is 1. The maximum Gasteiger partial charge on any atom is 0.249 e. The fourth-order valence-corrected chi connectivity index (χ4v) is 4.59. The Kier molecular flexibility index (Phi) is 4.40. The summed E-state index contributed by atoms with van der Waals surface area (Å²) < 4.78 is 0. The van der Waals surface area contributed by atoms with Crippen LogP contribution in [0.1, 0.15) is 26.7 Å². The molecule has 1 fully saturated rings. The third kappa shape index (κ3) is 3.18. The van der Waals surface area contributed by atoms with E-state index in [0.717, 1.165) is 24.5 Å². The zero-order valence-corrected chi connectivity index (χ0v) is 13.2. The maximum absolute atomic E-state index is 11.1. The number of aliphatic hydroxyl groups is 1. The van der Waals surface area contributed by atoms with Gasteiger partial charge in [-0.1, -0.05) is 0 Å². The summed E-state index contributed by atoms with van der Waals surface area (Å²) >= 11 is 3.27. The predicted molar refractivity (Wildman–Crippen MR) is 85.7 cm³/mol. The summed E-state index contributed by atoms with van der Waals surface area (Å²) in [5.74, 6) is 0.315. The van der Waals surface area contributed by atoms with Gasteiger partial charge in [0.25, 0.3) is 0 Å². The molecular formula is C15H18N2O2S2. The number of thiophene rings is 2. The van der Waals surface area contributed by atoms with E-state index in [1.807, 2.05) is 11.4 Å². The van der Waals surface area contributed by atoms with E-state index in [4.69, 9.17) is 5.73 Å². The van der Waals surface area contributed by atoms with Crippen molar-refractivity contribution in [2.45, 2.75) is 12.5 Å². The van der Waals surface area contributed by atoms with Crippen molar-refractivity contribution in [2.24, 2.45) is 11.7 Å². The van der Waals surface area contributed by atoms with Crippen molar-refractivity contribution < 1.29 is 9.90 Å². The van der Waals surface area contributed by atoms with Crippen LogP contribution in [0.15, 0.2) is 28.3 Å². The van der Waals surface area contributed by atoms with Crippen LogP contribution in [0.2, 0.25) is 0 Å². The zero-order chi connectivity index (χ0) is 14.8. The number of likely N-dealkylation sites (tertiary alicyclic amines) is 1. The molecule has 1 aliphatic heterocycles. The molecule has 2 aromatic rings. The van der Waals surface area contributed by atoms with Gasteiger partial charge in [-0.25, -0.2) is 0 Å². The van der Waals surface area contributed by atoms with E-state index < -0.39 is 0 Å². The lowest BCUT2D eigenvalue weighted by molar-refractivity contribution is 0.100. The molecule has 3 rings (SSSR count). The molecule has 4 nitrogen and oxygen atoms in total. The summed E-state index contributed by atoms with van der Waals surface area (Å²) in [6.07, 6.45) is 0. The number of rotatable bonds is 5. The zero-order valence-electron chi connectivity index (χ0n) is 11.6. The van der Waals surface area contributed by atoms with Crippen LogP contribution in [0, 0.1) is 5.92 Å². The molecule has 0 radical (unpaired) electrons. The van der Waals surface area contributed by atoms with Crippen LogP contribution in [0.4, 0.5) is 0 Å². The molecule has 112 valence electrons. The second-order valence-electron chi connectivity index (χ2n) is 5.47. The van der Waals surface area contributed by atoms with Gasteiger partial charge in [0, 0.05) is 48.3 Å². The molecule has 2 atom stereocenters. The first-order valence-electron chi connectivity index (χ1n) is 6.90. The Balaban J connectivity index is 1.68. The topological polar surface area (TPSA) is 66.6 Å². The van der Waals surface area contributed by atoms with Crippen LogP contribution >= 0.6 is 22.7 Å². The molecule has 1 saturated heterocycles. The smallest absolute Gasteiger partial charge is 0.249 e. The van der Waals surface area contributed by atoms with E-state index in [1.165, 1.54) is 5.56 Å². The van der Waals surface area contributed by atoms with Crippen molar-refractivity contribution in [3.63, 3.8) is 0 Å². The molecule has 2 aromatic heterocycles. The minimum Gasteiger partial charge on any atom is -0.396 e. The molecule has 0 spiro atoms. The third-order valence-electron chi connectivity index (χ3n) is 4.04. The Labute approximate surface area is 131 Å². The number of hydrogen-bond donors (Lipinski definition) is 2. The lowest BCUT2D eigenvalue weighted by Crippen LogP contribution is -2.20. The van der Waals surface area contributed by atoms with Crippen molar-refractivity contribution in [3.05, 3.63) is 44.3 Å². The Morgan fingerprint density at radius 1 is 1.43 bits per heavy atom. The normalized spacial score (nSPS) is 22.7. The van der Waals surface area contributed by atoms with Crippen molar-refractivity contribution in [1.82, 2.24) is 4.90 Å². The van der Waals surface area contributed by atoms with Crippen molar-refractivity contribution >= 4 is 28.6 Å². The number of amides is 1. The molecule has 0 unspecified atom stereocenters. The van der Waals surface area contributed by atoms with Gasteiger partial charge in [0.1, 0.15) is 0 Å². The monoisotopic (exact) mass is 322 g/mol. The minimum atomic E-state index is -0.372. The van der Waals surface area contributed by atoms with E-state index in [2.05, 4.69) is 21.7 Å². The third-order valence-corrected chi connectivity index (χ3v) is 5.66. The Hall–Kier alpha value is -1.21. The summed E-state index contributed by atoms with van der Waals surface area (Å²) in [5, 5.41) is 15.7. The molecule has 0 saturated carbocycles. The van der Waals surface area contributed by atoms with Crippen LogP contribution in [0.25, 0.3) is 0 Å². The molecule has 6 heteroatoms. The summed E-state index contributed by atoms with van der Waals surface area (Å²) in [7, 11) is 0.